The number of benzene rings is 2. The summed E-state index contributed by atoms with van der Waals surface area (Å²) in [6.45, 7) is 9.15. The van der Waals surface area contributed by atoms with Gasteiger partial charge in [-0.05, 0) is 79.6 Å². The first-order valence-electron chi connectivity index (χ1n) is 12.2. The fourth-order valence-corrected chi connectivity index (χ4v) is 4.42. The van der Waals surface area contributed by atoms with Crippen molar-refractivity contribution in [1.82, 2.24) is 30.1 Å². The van der Waals surface area contributed by atoms with Crippen LogP contribution in [0.4, 0.5) is 4.39 Å². The van der Waals surface area contributed by atoms with E-state index in [1.165, 1.54) is 12.1 Å². The van der Waals surface area contributed by atoms with Crippen LogP contribution in [-0.2, 0) is 18.6 Å². The zero-order valence-corrected chi connectivity index (χ0v) is 21.5. The van der Waals surface area contributed by atoms with Crippen molar-refractivity contribution in [2.24, 2.45) is 0 Å². The van der Waals surface area contributed by atoms with Gasteiger partial charge in [0.25, 0.3) is 5.56 Å². The lowest BCUT2D eigenvalue weighted by atomic mass is 10.0. The van der Waals surface area contributed by atoms with Crippen molar-refractivity contribution in [2.45, 2.75) is 65.2 Å². The van der Waals surface area contributed by atoms with Crippen LogP contribution in [0.15, 0.2) is 53.3 Å². The number of nitrogens with one attached hydrogen (secondary N) is 1. The summed E-state index contributed by atoms with van der Waals surface area (Å²) in [6, 6.07) is 13.8. The predicted octanol–water partition coefficient (Wildman–Crippen LogP) is 4.96. The summed E-state index contributed by atoms with van der Waals surface area (Å²) in [6.07, 6.45) is 1.68. The number of rotatable bonds is 9. The number of hydrogen-bond acceptors (Lipinski definition) is 6. The van der Waals surface area contributed by atoms with Gasteiger partial charge in [0.05, 0.1) is 18.7 Å². The molecule has 0 saturated carbocycles. The van der Waals surface area contributed by atoms with Crippen LogP contribution in [0.2, 0.25) is 0 Å². The number of H-pyrrole nitrogens is 1. The van der Waals surface area contributed by atoms with E-state index in [2.05, 4.69) is 53.1 Å². The standard InChI is InChI=1S/C27H33FN6O2/c1-6-7-24(25-30-31-32-34(25)27(2,3)4)33(16-18-8-10-21(28)11-9-18)17-20-14-19-15-22(36-5)12-13-23(19)29-26(20)35/h8-15,24H,6-7,16-17H2,1-5H3,(H,29,35)/t24-/m1/s1. The predicted molar refractivity (Wildman–Crippen MR) is 137 cm³/mol. The third-order valence-corrected chi connectivity index (χ3v) is 6.23. The summed E-state index contributed by atoms with van der Waals surface area (Å²) >= 11 is 0. The maximum absolute atomic E-state index is 13.6. The van der Waals surface area contributed by atoms with Crippen molar-refractivity contribution in [3.8, 4) is 5.75 Å². The van der Waals surface area contributed by atoms with E-state index in [1.807, 2.05) is 28.9 Å². The molecule has 0 spiro atoms. The maximum Gasteiger partial charge on any atom is 0.252 e. The lowest BCUT2D eigenvalue weighted by molar-refractivity contribution is 0.148. The second-order valence-corrected chi connectivity index (χ2v) is 10.0. The molecule has 0 aliphatic carbocycles. The molecule has 0 saturated heterocycles. The number of aromatic nitrogens is 5. The molecule has 4 rings (SSSR count). The van der Waals surface area contributed by atoms with E-state index < -0.39 is 0 Å². The molecule has 0 bridgehead atoms. The summed E-state index contributed by atoms with van der Waals surface area (Å²) in [7, 11) is 1.62. The Hall–Kier alpha value is -3.59. The largest absolute Gasteiger partial charge is 0.497 e. The summed E-state index contributed by atoms with van der Waals surface area (Å²) in [5.41, 5.74) is 1.84. The Kier molecular flexibility index (Phi) is 7.49. The second-order valence-electron chi connectivity index (χ2n) is 10.0. The molecule has 2 aromatic carbocycles. The highest BCUT2D eigenvalue weighted by molar-refractivity contribution is 5.80. The maximum atomic E-state index is 13.6. The van der Waals surface area contributed by atoms with Gasteiger partial charge in [-0.2, -0.15) is 0 Å². The third kappa shape index (κ3) is 5.62. The molecule has 4 aromatic rings. The Balaban J connectivity index is 1.79. The number of tetrazole rings is 1. The SMILES string of the molecule is CCC[C@H](c1nnnn1C(C)(C)C)N(Cc1ccc(F)cc1)Cc1cc2cc(OC)ccc2[nH]c1=O. The molecule has 0 unspecified atom stereocenters. The molecular formula is C27H33FN6O2. The van der Waals surface area contributed by atoms with Gasteiger partial charge in [-0.1, -0.05) is 25.5 Å². The number of pyridine rings is 1. The average Bonchev–Trinajstić information content (AvgIpc) is 3.34. The summed E-state index contributed by atoms with van der Waals surface area (Å²) < 4.78 is 20.8. The number of halogens is 1. The zero-order chi connectivity index (χ0) is 25.9. The van der Waals surface area contributed by atoms with Gasteiger partial charge in [0.2, 0.25) is 0 Å². The minimum Gasteiger partial charge on any atom is -0.497 e. The van der Waals surface area contributed by atoms with Crippen LogP contribution in [0.25, 0.3) is 10.9 Å². The molecule has 2 heterocycles. The van der Waals surface area contributed by atoms with Gasteiger partial charge >= 0.3 is 0 Å². The van der Waals surface area contributed by atoms with Gasteiger partial charge in [-0.3, -0.25) is 9.69 Å². The van der Waals surface area contributed by atoms with Crippen LogP contribution < -0.4 is 10.3 Å². The number of fused-ring (bicyclic) bond motifs is 1. The highest BCUT2D eigenvalue weighted by Crippen LogP contribution is 2.30. The molecule has 0 aliphatic heterocycles. The van der Waals surface area contributed by atoms with Crippen LogP contribution >= 0.6 is 0 Å². The number of hydrogen-bond donors (Lipinski definition) is 1. The highest BCUT2D eigenvalue weighted by Gasteiger charge is 2.30. The number of ether oxygens (including phenoxy) is 1. The number of nitrogens with zero attached hydrogens (tertiary/aromatic N) is 5. The molecule has 190 valence electrons. The molecule has 0 amide bonds. The number of aromatic amines is 1. The van der Waals surface area contributed by atoms with Crippen LogP contribution in [0, 0.1) is 5.82 Å². The Bertz CT molecular complexity index is 1370. The first-order chi connectivity index (χ1) is 17.2. The normalized spacial score (nSPS) is 12.9. The van der Waals surface area contributed by atoms with Gasteiger partial charge in [0.1, 0.15) is 11.6 Å². The van der Waals surface area contributed by atoms with Gasteiger partial charge in [0, 0.05) is 29.6 Å². The average molecular weight is 493 g/mol. The van der Waals surface area contributed by atoms with Crippen molar-refractivity contribution < 1.29 is 9.13 Å². The first kappa shape index (κ1) is 25.5. The fraction of sp³-hybridized carbons (Fsp3) is 0.407. The number of methoxy groups -OCH3 is 1. The Labute approximate surface area is 210 Å². The van der Waals surface area contributed by atoms with Crippen molar-refractivity contribution in [3.63, 3.8) is 0 Å². The molecule has 0 fully saturated rings. The quantitative estimate of drug-likeness (QED) is 0.355. The minimum atomic E-state index is -0.316. The van der Waals surface area contributed by atoms with Crippen molar-refractivity contribution in [3.05, 3.63) is 81.7 Å². The molecule has 36 heavy (non-hydrogen) atoms. The van der Waals surface area contributed by atoms with E-state index >= 15 is 0 Å². The van der Waals surface area contributed by atoms with E-state index in [-0.39, 0.29) is 23.0 Å². The highest BCUT2D eigenvalue weighted by atomic mass is 19.1. The molecule has 1 atom stereocenters. The molecule has 8 nitrogen and oxygen atoms in total. The lowest BCUT2D eigenvalue weighted by Gasteiger charge is -2.33. The van der Waals surface area contributed by atoms with Gasteiger partial charge in [-0.25, -0.2) is 9.07 Å². The summed E-state index contributed by atoms with van der Waals surface area (Å²) in [4.78, 5) is 18.3. The monoisotopic (exact) mass is 492 g/mol. The van der Waals surface area contributed by atoms with E-state index in [0.29, 0.717) is 18.7 Å². The minimum absolute atomic E-state index is 0.151. The summed E-state index contributed by atoms with van der Waals surface area (Å²) in [5.74, 6) is 1.18. The van der Waals surface area contributed by atoms with Crippen LogP contribution in [0.5, 0.6) is 5.75 Å². The van der Waals surface area contributed by atoms with E-state index in [0.717, 1.165) is 40.9 Å². The molecule has 0 radical (unpaired) electrons. The smallest absolute Gasteiger partial charge is 0.252 e. The zero-order valence-electron chi connectivity index (χ0n) is 21.5. The molecule has 9 heteroatoms. The third-order valence-electron chi connectivity index (χ3n) is 6.23. The molecule has 1 N–H and O–H groups in total. The lowest BCUT2D eigenvalue weighted by Crippen LogP contribution is -2.35. The van der Waals surface area contributed by atoms with E-state index in [1.54, 1.807) is 19.2 Å². The van der Waals surface area contributed by atoms with Gasteiger partial charge < -0.3 is 9.72 Å². The Morgan fingerprint density at radius 2 is 1.86 bits per heavy atom. The van der Waals surface area contributed by atoms with Crippen molar-refractivity contribution in [1.29, 1.82) is 0 Å². The molecule has 2 aromatic heterocycles. The van der Waals surface area contributed by atoms with Gasteiger partial charge in [-0.15, -0.1) is 5.10 Å². The summed E-state index contributed by atoms with van der Waals surface area (Å²) in [5, 5.41) is 13.6. The van der Waals surface area contributed by atoms with Crippen LogP contribution in [0.1, 0.15) is 63.5 Å². The van der Waals surface area contributed by atoms with Crippen LogP contribution in [-0.4, -0.2) is 37.2 Å². The first-order valence-corrected chi connectivity index (χ1v) is 12.2. The van der Waals surface area contributed by atoms with E-state index in [9.17, 15) is 9.18 Å². The molecular weight excluding hydrogens is 459 g/mol. The Morgan fingerprint density at radius 3 is 2.53 bits per heavy atom. The van der Waals surface area contributed by atoms with Crippen molar-refractivity contribution >= 4 is 10.9 Å². The van der Waals surface area contributed by atoms with Crippen LogP contribution in [0.3, 0.4) is 0 Å². The fourth-order valence-electron chi connectivity index (χ4n) is 4.42. The topological polar surface area (TPSA) is 88.9 Å². The van der Waals surface area contributed by atoms with Crippen molar-refractivity contribution in [2.75, 3.05) is 7.11 Å². The second kappa shape index (κ2) is 10.6. The van der Waals surface area contributed by atoms with E-state index in [4.69, 9.17) is 4.74 Å². The Morgan fingerprint density at radius 1 is 1.11 bits per heavy atom. The molecule has 0 aliphatic rings. The van der Waals surface area contributed by atoms with Gasteiger partial charge in [0.15, 0.2) is 5.82 Å².